The van der Waals surface area contributed by atoms with E-state index in [1.54, 1.807) is 30.3 Å². The third-order valence-electron chi connectivity index (χ3n) is 2.37. The summed E-state index contributed by atoms with van der Waals surface area (Å²) in [5.41, 5.74) is 5.99. The first-order chi connectivity index (χ1) is 8.97. The monoisotopic (exact) mass is 313 g/mol. The van der Waals surface area contributed by atoms with Crippen molar-refractivity contribution in [3.63, 3.8) is 0 Å². The summed E-state index contributed by atoms with van der Waals surface area (Å²) in [5.74, 6) is -1.05. The standard InChI is InChI=1S/C13H9Cl2NO2S/c14-7-1-4-10(15)12(5-7)19-8-2-3-9(13(17)18)11(16)6-8/h1-6H,16H2,(H,17,18). The summed E-state index contributed by atoms with van der Waals surface area (Å²) in [7, 11) is 0. The van der Waals surface area contributed by atoms with Crippen molar-refractivity contribution in [2.75, 3.05) is 5.73 Å². The van der Waals surface area contributed by atoms with E-state index in [0.29, 0.717) is 10.0 Å². The molecule has 2 rings (SSSR count). The molecule has 0 aromatic heterocycles. The zero-order valence-corrected chi connectivity index (χ0v) is 11.9. The van der Waals surface area contributed by atoms with Crippen LogP contribution in [0.3, 0.4) is 0 Å². The molecule has 0 bridgehead atoms. The van der Waals surface area contributed by atoms with Crippen LogP contribution in [-0.2, 0) is 0 Å². The van der Waals surface area contributed by atoms with E-state index < -0.39 is 5.97 Å². The number of anilines is 1. The Labute approximate surface area is 124 Å². The van der Waals surface area contributed by atoms with Crippen molar-refractivity contribution >= 4 is 46.6 Å². The average Bonchev–Trinajstić information content (AvgIpc) is 2.33. The smallest absolute Gasteiger partial charge is 0.337 e. The van der Waals surface area contributed by atoms with E-state index in [-0.39, 0.29) is 11.3 Å². The van der Waals surface area contributed by atoms with Crippen LogP contribution in [0.5, 0.6) is 0 Å². The molecule has 0 heterocycles. The Balaban J connectivity index is 2.31. The van der Waals surface area contributed by atoms with E-state index in [0.717, 1.165) is 9.79 Å². The average molecular weight is 314 g/mol. The molecule has 0 spiro atoms. The second kappa shape index (κ2) is 5.74. The first-order valence-corrected chi connectivity index (χ1v) is 6.80. The van der Waals surface area contributed by atoms with Crippen molar-refractivity contribution in [1.82, 2.24) is 0 Å². The Morgan fingerprint density at radius 1 is 1.16 bits per heavy atom. The lowest BCUT2D eigenvalue weighted by atomic mass is 10.2. The van der Waals surface area contributed by atoms with E-state index in [1.807, 2.05) is 0 Å². The minimum Gasteiger partial charge on any atom is -0.478 e. The van der Waals surface area contributed by atoms with Gasteiger partial charge in [-0.1, -0.05) is 35.0 Å². The van der Waals surface area contributed by atoms with Crippen LogP contribution in [0, 0.1) is 0 Å². The van der Waals surface area contributed by atoms with Crippen LogP contribution in [0.2, 0.25) is 10.0 Å². The van der Waals surface area contributed by atoms with Crippen LogP contribution >= 0.6 is 35.0 Å². The maximum atomic E-state index is 10.9. The van der Waals surface area contributed by atoms with E-state index in [9.17, 15) is 4.79 Å². The minimum atomic E-state index is -1.05. The number of hydrogen-bond acceptors (Lipinski definition) is 3. The molecule has 0 unspecified atom stereocenters. The molecule has 0 saturated heterocycles. The highest BCUT2D eigenvalue weighted by atomic mass is 35.5. The van der Waals surface area contributed by atoms with Gasteiger partial charge in [-0.15, -0.1) is 0 Å². The molecular weight excluding hydrogens is 305 g/mol. The number of rotatable bonds is 3. The molecule has 2 aromatic rings. The Bertz CT molecular complexity index is 647. The first kappa shape index (κ1) is 14.1. The number of aromatic carboxylic acids is 1. The molecule has 3 nitrogen and oxygen atoms in total. The Morgan fingerprint density at radius 3 is 2.53 bits per heavy atom. The molecule has 0 aliphatic carbocycles. The van der Waals surface area contributed by atoms with Gasteiger partial charge in [0.1, 0.15) is 0 Å². The zero-order chi connectivity index (χ0) is 14.0. The summed E-state index contributed by atoms with van der Waals surface area (Å²) in [4.78, 5) is 12.5. The quantitative estimate of drug-likeness (QED) is 0.823. The highest BCUT2D eigenvalue weighted by Gasteiger charge is 2.10. The van der Waals surface area contributed by atoms with Gasteiger partial charge >= 0.3 is 5.97 Å². The van der Waals surface area contributed by atoms with Crippen LogP contribution in [0.1, 0.15) is 10.4 Å². The van der Waals surface area contributed by atoms with Crippen LogP contribution in [0.25, 0.3) is 0 Å². The molecule has 0 atom stereocenters. The molecule has 6 heteroatoms. The van der Waals surface area contributed by atoms with Crippen LogP contribution in [0.4, 0.5) is 5.69 Å². The number of benzene rings is 2. The third kappa shape index (κ3) is 3.35. The maximum Gasteiger partial charge on any atom is 0.337 e. The predicted molar refractivity (Wildman–Crippen MR) is 78.4 cm³/mol. The van der Waals surface area contributed by atoms with Gasteiger partial charge in [-0.2, -0.15) is 0 Å². The largest absolute Gasteiger partial charge is 0.478 e. The van der Waals surface area contributed by atoms with Gasteiger partial charge in [0.05, 0.1) is 10.6 Å². The van der Waals surface area contributed by atoms with Gasteiger partial charge in [-0.3, -0.25) is 0 Å². The number of halogens is 2. The molecule has 19 heavy (non-hydrogen) atoms. The lowest BCUT2D eigenvalue weighted by molar-refractivity contribution is 0.0698. The second-order valence-electron chi connectivity index (χ2n) is 3.73. The van der Waals surface area contributed by atoms with Gasteiger partial charge in [0, 0.05) is 20.5 Å². The molecule has 0 amide bonds. The predicted octanol–water partition coefficient (Wildman–Crippen LogP) is 4.43. The molecule has 0 fully saturated rings. The fourth-order valence-corrected chi connectivity index (χ4v) is 2.88. The number of carbonyl (C=O) groups is 1. The number of nitrogens with two attached hydrogens (primary N) is 1. The van der Waals surface area contributed by atoms with Gasteiger partial charge in [-0.05, 0) is 36.4 Å². The lowest BCUT2D eigenvalue weighted by Crippen LogP contribution is -2.01. The summed E-state index contributed by atoms with van der Waals surface area (Å²) in [5, 5.41) is 10.1. The lowest BCUT2D eigenvalue weighted by Gasteiger charge is -2.07. The highest BCUT2D eigenvalue weighted by Crippen LogP contribution is 2.36. The van der Waals surface area contributed by atoms with Gasteiger partial charge in [0.25, 0.3) is 0 Å². The van der Waals surface area contributed by atoms with Crippen molar-refractivity contribution < 1.29 is 9.90 Å². The normalized spacial score (nSPS) is 10.4. The molecule has 0 saturated carbocycles. The summed E-state index contributed by atoms with van der Waals surface area (Å²) in [6.07, 6.45) is 0. The third-order valence-corrected chi connectivity index (χ3v) is 4.10. The number of nitrogen functional groups attached to an aromatic ring is 1. The zero-order valence-electron chi connectivity index (χ0n) is 9.56. The topological polar surface area (TPSA) is 63.3 Å². The van der Waals surface area contributed by atoms with Crippen LogP contribution in [-0.4, -0.2) is 11.1 Å². The van der Waals surface area contributed by atoms with Crippen molar-refractivity contribution in [3.8, 4) is 0 Å². The van der Waals surface area contributed by atoms with Gasteiger partial charge in [-0.25, -0.2) is 4.79 Å². The van der Waals surface area contributed by atoms with E-state index >= 15 is 0 Å². The van der Waals surface area contributed by atoms with E-state index in [1.165, 1.54) is 17.8 Å². The summed E-state index contributed by atoms with van der Waals surface area (Å²) in [6.45, 7) is 0. The van der Waals surface area contributed by atoms with Crippen molar-refractivity contribution in [2.45, 2.75) is 9.79 Å². The van der Waals surface area contributed by atoms with Crippen LogP contribution < -0.4 is 5.73 Å². The second-order valence-corrected chi connectivity index (χ2v) is 5.69. The minimum absolute atomic E-state index is 0.0848. The SMILES string of the molecule is Nc1cc(Sc2cc(Cl)ccc2Cl)ccc1C(=O)O. The van der Waals surface area contributed by atoms with Crippen LogP contribution in [0.15, 0.2) is 46.2 Å². The number of carboxylic acids is 1. The van der Waals surface area contributed by atoms with Gasteiger partial charge in [0.2, 0.25) is 0 Å². The summed E-state index contributed by atoms with van der Waals surface area (Å²) < 4.78 is 0. The fraction of sp³-hybridized carbons (Fsp3) is 0. The summed E-state index contributed by atoms with van der Waals surface area (Å²) >= 11 is 13.3. The van der Waals surface area contributed by atoms with Crippen molar-refractivity contribution in [3.05, 3.63) is 52.0 Å². The van der Waals surface area contributed by atoms with Gasteiger partial charge in [0.15, 0.2) is 0 Å². The molecule has 3 N–H and O–H groups in total. The fourth-order valence-electron chi connectivity index (χ4n) is 1.48. The molecule has 0 aliphatic rings. The molecule has 0 radical (unpaired) electrons. The number of carboxylic acid groups (broad SMARTS) is 1. The van der Waals surface area contributed by atoms with Gasteiger partial charge < -0.3 is 10.8 Å². The Morgan fingerprint density at radius 2 is 1.89 bits per heavy atom. The van der Waals surface area contributed by atoms with Crippen molar-refractivity contribution in [2.24, 2.45) is 0 Å². The molecule has 0 aliphatic heterocycles. The highest BCUT2D eigenvalue weighted by molar-refractivity contribution is 7.99. The first-order valence-electron chi connectivity index (χ1n) is 5.23. The molecular formula is C13H9Cl2NO2S. The maximum absolute atomic E-state index is 10.9. The number of hydrogen-bond donors (Lipinski definition) is 2. The van der Waals surface area contributed by atoms with Crippen molar-refractivity contribution in [1.29, 1.82) is 0 Å². The Kier molecular flexibility index (Phi) is 4.24. The van der Waals surface area contributed by atoms with E-state index in [2.05, 4.69) is 0 Å². The van der Waals surface area contributed by atoms with E-state index in [4.69, 9.17) is 34.0 Å². The molecule has 2 aromatic carbocycles. The summed E-state index contributed by atoms with van der Waals surface area (Å²) in [6, 6.07) is 9.92. The Hall–Kier alpha value is -1.36. The molecule has 98 valence electrons.